The molecule has 1 atom stereocenters. The SMILES string of the molecule is C=CCSc1ccccc1NC1CCCc2sc(Br)cc21. The second-order valence-electron chi connectivity index (χ2n) is 5.11. The van der Waals surface area contributed by atoms with Crippen molar-refractivity contribution in [2.24, 2.45) is 0 Å². The maximum atomic E-state index is 3.81. The number of aryl methyl sites for hydroxylation is 1. The molecule has 1 nitrogen and oxygen atoms in total. The summed E-state index contributed by atoms with van der Waals surface area (Å²) in [6.07, 6.45) is 5.64. The number of thioether (sulfide) groups is 1. The van der Waals surface area contributed by atoms with Gasteiger partial charge < -0.3 is 5.32 Å². The smallest absolute Gasteiger partial charge is 0.0705 e. The molecule has 21 heavy (non-hydrogen) atoms. The van der Waals surface area contributed by atoms with E-state index in [0.717, 1.165) is 5.75 Å². The molecule has 1 aromatic carbocycles. The summed E-state index contributed by atoms with van der Waals surface area (Å²) in [6, 6.07) is 11.3. The fourth-order valence-corrected chi connectivity index (χ4v) is 5.29. The summed E-state index contributed by atoms with van der Waals surface area (Å²) in [5.74, 6) is 0.943. The molecule has 0 radical (unpaired) electrons. The summed E-state index contributed by atoms with van der Waals surface area (Å²) in [4.78, 5) is 2.83. The number of rotatable bonds is 5. The van der Waals surface area contributed by atoms with Crippen molar-refractivity contribution in [2.75, 3.05) is 11.1 Å². The monoisotopic (exact) mass is 379 g/mol. The number of halogens is 1. The van der Waals surface area contributed by atoms with Crippen molar-refractivity contribution in [3.8, 4) is 0 Å². The molecule has 4 heteroatoms. The zero-order chi connectivity index (χ0) is 14.7. The van der Waals surface area contributed by atoms with E-state index in [1.54, 1.807) is 0 Å². The Balaban J connectivity index is 1.83. The Morgan fingerprint density at radius 3 is 3.14 bits per heavy atom. The largest absolute Gasteiger partial charge is 0.377 e. The van der Waals surface area contributed by atoms with Crippen LogP contribution in [0.15, 0.2) is 51.7 Å². The number of benzene rings is 1. The van der Waals surface area contributed by atoms with Crippen molar-refractivity contribution in [1.82, 2.24) is 0 Å². The molecule has 110 valence electrons. The molecule has 0 fully saturated rings. The molecule has 0 spiro atoms. The maximum absolute atomic E-state index is 3.81. The van der Waals surface area contributed by atoms with Gasteiger partial charge in [-0.2, -0.15) is 0 Å². The van der Waals surface area contributed by atoms with Crippen LogP contribution in [0.1, 0.15) is 29.3 Å². The topological polar surface area (TPSA) is 12.0 Å². The second-order valence-corrected chi connectivity index (χ2v) is 8.69. The number of hydrogen-bond acceptors (Lipinski definition) is 3. The first kappa shape index (κ1) is 15.2. The fourth-order valence-electron chi connectivity index (χ4n) is 2.72. The summed E-state index contributed by atoms with van der Waals surface area (Å²) in [5.41, 5.74) is 2.71. The molecule has 1 heterocycles. The Morgan fingerprint density at radius 1 is 1.43 bits per heavy atom. The van der Waals surface area contributed by atoms with Crippen LogP contribution in [-0.4, -0.2) is 5.75 Å². The van der Waals surface area contributed by atoms with E-state index in [1.165, 1.54) is 44.1 Å². The summed E-state index contributed by atoms with van der Waals surface area (Å²) in [6.45, 7) is 3.81. The first-order valence-electron chi connectivity index (χ1n) is 7.15. The summed E-state index contributed by atoms with van der Waals surface area (Å²) in [5, 5.41) is 3.76. The zero-order valence-corrected chi connectivity index (χ0v) is 15.0. The van der Waals surface area contributed by atoms with Gasteiger partial charge in [0.25, 0.3) is 0 Å². The first-order chi connectivity index (χ1) is 10.3. The van der Waals surface area contributed by atoms with Crippen molar-refractivity contribution in [3.05, 3.63) is 57.2 Å². The van der Waals surface area contributed by atoms with Gasteiger partial charge in [0, 0.05) is 21.2 Å². The van der Waals surface area contributed by atoms with Crippen molar-refractivity contribution in [1.29, 1.82) is 0 Å². The molecule has 1 aliphatic rings. The molecule has 0 amide bonds. The Bertz CT molecular complexity index is 635. The van der Waals surface area contributed by atoms with E-state index in [4.69, 9.17) is 0 Å². The third-order valence-corrected chi connectivity index (χ3v) is 6.44. The van der Waals surface area contributed by atoms with Gasteiger partial charge in [-0.1, -0.05) is 18.2 Å². The summed E-state index contributed by atoms with van der Waals surface area (Å²) >= 11 is 7.35. The molecular weight excluding hydrogens is 362 g/mol. The van der Waals surface area contributed by atoms with Crippen LogP contribution in [0.25, 0.3) is 0 Å². The number of thiophene rings is 1. The molecule has 1 aliphatic carbocycles. The van der Waals surface area contributed by atoms with Crippen LogP contribution in [0.3, 0.4) is 0 Å². The van der Waals surface area contributed by atoms with Crippen LogP contribution in [-0.2, 0) is 6.42 Å². The number of nitrogens with one attached hydrogen (secondary N) is 1. The highest BCUT2D eigenvalue weighted by molar-refractivity contribution is 9.11. The third-order valence-electron chi connectivity index (χ3n) is 3.66. The maximum Gasteiger partial charge on any atom is 0.0705 e. The van der Waals surface area contributed by atoms with Gasteiger partial charge in [-0.15, -0.1) is 29.7 Å². The lowest BCUT2D eigenvalue weighted by molar-refractivity contribution is 0.608. The van der Waals surface area contributed by atoms with Crippen LogP contribution in [0.5, 0.6) is 0 Å². The Morgan fingerprint density at radius 2 is 2.29 bits per heavy atom. The molecule has 0 bridgehead atoms. The lowest BCUT2D eigenvalue weighted by Crippen LogP contribution is -2.16. The lowest BCUT2D eigenvalue weighted by atomic mass is 9.94. The van der Waals surface area contributed by atoms with Crippen LogP contribution >= 0.6 is 39.0 Å². The van der Waals surface area contributed by atoms with Crippen LogP contribution in [0, 0.1) is 0 Å². The molecule has 0 saturated carbocycles. The minimum atomic E-state index is 0.432. The molecule has 1 unspecified atom stereocenters. The predicted molar refractivity (Wildman–Crippen MR) is 98.7 cm³/mol. The highest BCUT2D eigenvalue weighted by Crippen LogP contribution is 2.40. The second kappa shape index (κ2) is 7.03. The van der Waals surface area contributed by atoms with Crippen molar-refractivity contribution >= 4 is 44.7 Å². The normalized spacial score (nSPS) is 17.3. The van der Waals surface area contributed by atoms with Crippen molar-refractivity contribution in [3.63, 3.8) is 0 Å². The average Bonchev–Trinajstić information content (AvgIpc) is 2.88. The lowest BCUT2D eigenvalue weighted by Gasteiger charge is -2.25. The highest BCUT2D eigenvalue weighted by atomic mass is 79.9. The minimum absolute atomic E-state index is 0.432. The van der Waals surface area contributed by atoms with Crippen molar-refractivity contribution in [2.45, 2.75) is 30.2 Å². The van der Waals surface area contributed by atoms with E-state index in [1.807, 2.05) is 29.2 Å². The van der Waals surface area contributed by atoms with E-state index in [2.05, 4.69) is 58.2 Å². The van der Waals surface area contributed by atoms with Gasteiger partial charge in [0.05, 0.1) is 9.83 Å². The number of para-hydroxylation sites is 1. The highest BCUT2D eigenvalue weighted by Gasteiger charge is 2.23. The van der Waals surface area contributed by atoms with E-state index >= 15 is 0 Å². The van der Waals surface area contributed by atoms with Gasteiger partial charge >= 0.3 is 0 Å². The van der Waals surface area contributed by atoms with Gasteiger partial charge in [-0.3, -0.25) is 0 Å². The third kappa shape index (κ3) is 3.55. The van der Waals surface area contributed by atoms with Gasteiger partial charge in [0.15, 0.2) is 0 Å². The summed E-state index contributed by atoms with van der Waals surface area (Å²) < 4.78 is 1.25. The molecule has 2 aromatic rings. The molecule has 1 N–H and O–H groups in total. The van der Waals surface area contributed by atoms with Gasteiger partial charge in [-0.05, 0) is 59.0 Å². The Kier molecular flexibility index (Phi) is 5.09. The predicted octanol–water partition coefficient (Wildman–Crippen LogP) is 6.28. The fraction of sp³-hybridized carbons (Fsp3) is 0.294. The first-order valence-corrected chi connectivity index (χ1v) is 9.75. The Labute approximate surface area is 143 Å². The van der Waals surface area contributed by atoms with Crippen LogP contribution in [0.2, 0.25) is 0 Å². The van der Waals surface area contributed by atoms with E-state index in [-0.39, 0.29) is 0 Å². The molecule has 1 aromatic heterocycles. The molecule has 3 rings (SSSR count). The van der Waals surface area contributed by atoms with Crippen molar-refractivity contribution < 1.29 is 0 Å². The van der Waals surface area contributed by atoms with E-state index in [9.17, 15) is 0 Å². The van der Waals surface area contributed by atoms with Gasteiger partial charge in [-0.25, -0.2) is 0 Å². The van der Waals surface area contributed by atoms with E-state index < -0.39 is 0 Å². The minimum Gasteiger partial charge on any atom is -0.377 e. The zero-order valence-electron chi connectivity index (χ0n) is 11.8. The summed E-state index contributed by atoms with van der Waals surface area (Å²) in [7, 11) is 0. The number of anilines is 1. The van der Waals surface area contributed by atoms with E-state index in [0.29, 0.717) is 6.04 Å². The van der Waals surface area contributed by atoms with Crippen LogP contribution < -0.4 is 5.32 Å². The molecular formula is C17H18BrNS2. The average molecular weight is 380 g/mol. The number of fused-ring (bicyclic) bond motifs is 1. The Hall–Kier alpha value is -0.710. The van der Waals surface area contributed by atoms with Crippen LogP contribution in [0.4, 0.5) is 5.69 Å². The van der Waals surface area contributed by atoms with Gasteiger partial charge in [0.2, 0.25) is 0 Å². The standard InChI is InChI=1S/C17H18BrNS2/c1-2-10-20-16-8-4-3-6-14(16)19-13-7-5-9-15-12(13)11-17(18)21-15/h2-4,6,8,11,13,19H,1,5,7,9-10H2. The quantitative estimate of drug-likeness (QED) is 0.484. The molecule has 0 aliphatic heterocycles. The van der Waals surface area contributed by atoms with Gasteiger partial charge in [0.1, 0.15) is 0 Å². The molecule has 0 saturated heterocycles. The number of hydrogen-bond donors (Lipinski definition) is 1.